The van der Waals surface area contributed by atoms with Crippen molar-refractivity contribution < 1.29 is 13.9 Å². The van der Waals surface area contributed by atoms with Gasteiger partial charge in [-0.2, -0.15) is 0 Å². The minimum absolute atomic E-state index is 0.142. The summed E-state index contributed by atoms with van der Waals surface area (Å²) >= 11 is 0. The van der Waals surface area contributed by atoms with E-state index in [9.17, 15) is 4.79 Å². The Morgan fingerprint density at radius 1 is 1.36 bits per heavy atom. The Morgan fingerprint density at radius 2 is 2.28 bits per heavy atom. The van der Waals surface area contributed by atoms with Gasteiger partial charge in [-0.05, 0) is 38.0 Å². The van der Waals surface area contributed by atoms with Crippen molar-refractivity contribution >= 4 is 5.91 Å². The Hall–Kier alpha value is -1.69. The number of aromatic nitrogens is 2. The Morgan fingerprint density at radius 3 is 3.04 bits per heavy atom. The maximum Gasteiger partial charge on any atom is 0.226 e. The molecule has 2 fully saturated rings. The molecule has 25 heavy (non-hydrogen) atoms. The van der Waals surface area contributed by atoms with E-state index in [0.29, 0.717) is 42.4 Å². The minimum atomic E-state index is 0.142. The minimum Gasteiger partial charge on any atom is -0.425 e. The molecular weight excluding hydrogens is 318 g/mol. The van der Waals surface area contributed by atoms with E-state index in [0.717, 1.165) is 39.0 Å². The number of carbonyl (C=O) groups is 1. The lowest BCUT2D eigenvalue weighted by Gasteiger charge is -2.35. The summed E-state index contributed by atoms with van der Waals surface area (Å²) in [7, 11) is 0. The molecule has 136 valence electrons. The molecule has 2 aliphatic heterocycles. The third-order valence-corrected chi connectivity index (χ3v) is 5.85. The number of hydrogen-bond donors (Lipinski definition) is 0. The first-order valence-electron chi connectivity index (χ1n) is 9.55. The van der Waals surface area contributed by atoms with Gasteiger partial charge in [-0.25, -0.2) is 0 Å². The van der Waals surface area contributed by atoms with Crippen LogP contribution in [0.4, 0.5) is 0 Å². The van der Waals surface area contributed by atoms with Crippen LogP contribution in [0.1, 0.15) is 50.3 Å². The molecule has 6 heteroatoms. The van der Waals surface area contributed by atoms with Crippen molar-refractivity contribution in [2.75, 3.05) is 19.7 Å². The summed E-state index contributed by atoms with van der Waals surface area (Å²) in [6, 6.07) is 0. The number of fused-ring (bicyclic) bond motifs is 1. The summed E-state index contributed by atoms with van der Waals surface area (Å²) in [6.45, 7) is 4.21. The predicted molar refractivity (Wildman–Crippen MR) is 91.8 cm³/mol. The van der Waals surface area contributed by atoms with Crippen LogP contribution < -0.4 is 0 Å². The van der Waals surface area contributed by atoms with E-state index >= 15 is 0 Å². The molecule has 1 amide bonds. The Balaban J connectivity index is 1.32. The van der Waals surface area contributed by atoms with Gasteiger partial charge in [0, 0.05) is 32.4 Å². The predicted octanol–water partition coefficient (Wildman–Crippen LogP) is 2.67. The number of amides is 1. The number of piperidine rings is 1. The molecule has 0 unspecified atom stereocenters. The Kier molecular flexibility index (Phi) is 4.88. The van der Waals surface area contributed by atoms with Crippen molar-refractivity contribution in [3.63, 3.8) is 0 Å². The van der Waals surface area contributed by atoms with Gasteiger partial charge >= 0.3 is 0 Å². The molecule has 4 rings (SSSR count). The van der Waals surface area contributed by atoms with Crippen LogP contribution in [0.3, 0.4) is 0 Å². The molecule has 0 saturated carbocycles. The van der Waals surface area contributed by atoms with E-state index in [4.69, 9.17) is 9.15 Å². The fourth-order valence-electron chi connectivity index (χ4n) is 4.49. The highest BCUT2D eigenvalue weighted by Crippen LogP contribution is 2.36. The third kappa shape index (κ3) is 3.78. The van der Waals surface area contributed by atoms with Crippen molar-refractivity contribution in [3.8, 4) is 0 Å². The number of nitrogens with zero attached hydrogens (tertiary/aromatic N) is 3. The van der Waals surface area contributed by atoms with Crippen LogP contribution in [-0.2, 0) is 16.0 Å². The lowest BCUT2D eigenvalue weighted by atomic mass is 9.83. The highest BCUT2D eigenvalue weighted by atomic mass is 16.5. The smallest absolute Gasteiger partial charge is 0.226 e. The van der Waals surface area contributed by atoms with Crippen molar-refractivity contribution in [1.82, 2.24) is 15.1 Å². The van der Waals surface area contributed by atoms with Gasteiger partial charge in [0.25, 0.3) is 0 Å². The molecule has 1 aliphatic carbocycles. The molecule has 3 aliphatic rings. The topological polar surface area (TPSA) is 68.5 Å². The van der Waals surface area contributed by atoms with Gasteiger partial charge in [0.2, 0.25) is 17.7 Å². The van der Waals surface area contributed by atoms with Gasteiger partial charge in [0.1, 0.15) is 0 Å². The zero-order valence-corrected chi connectivity index (χ0v) is 14.9. The number of likely N-dealkylation sites (tertiary alicyclic amines) is 1. The van der Waals surface area contributed by atoms with Gasteiger partial charge in [0.05, 0.1) is 19.1 Å². The summed E-state index contributed by atoms with van der Waals surface area (Å²) in [5, 5.41) is 7.98. The van der Waals surface area contributed by atoms with Gasteiger partial charge < -0.3 is 14.1 Å². The number of allylic oxidation sites excluding steroid dienone is 1. The number of aryl methyl sites for hydroxylation is 1. The van der Waals surface area contributed by atoms with Crippen molar-refractivity contribution in [1.29, 1.82) is 0 Å². The highest BCUT2D eigenvalue weighted by Gasteiger charge is 2.42. The first-order valence-corrected chi connectivity index (χ1v) is 9.55. The number of rotatable bonds is 4. The maximum atomic E-state index is 12.6. The molecule has 2 saturated heterocycles. The summed E-state index contributed by atoms with van der Waals surface area (Å²) in [6.07, 6.45) is 9.45. The van der Waals surface area contributed by atoms with Crippen LogP contribution in [0, 0.1) is 18.8 Å². The van der Waals surface area contributed by atoms with Crippen LogP contribution in [0.5, 0.6) is 0 Å². The van der Waals surface area contributed by atoms with Crippen LogP contribution in [0.2, 0.25) is 0 Å². The SMILES string of the molecule is Cc1nnc(C[C@@H]2OC[C@@H]3CN(C(=O)CC4=CCCCC4)CC[C@@H]32)o1. The van der Waals surface area contributed by atoms with E-state index in [1.54, 1.807) is 6.92 Å². The van der Waals surface area contributed by atoms with Crippen molar-refractivity contribution in [2.24, 2.45) is 11.8 Å². The Labute approximate surface area is 148 Å². The zero-order chi connectivity index (χ0) is 17.2. The summed E-state index contributed by atoms with van der Waals surface area (Å²) in [5.74, 6) is 2.48. The van der Waals surface area contributed by atoms with E-state index in [2.05, 4.69) is 21.2 Å². The van der Waals surface area contributed by atoms with E-state index in [1.165, 1.54) is 18.4 Å². The van der Waals surface area contributed by atoms with E-state index in [1.807, 2.05) is 0 Å². The second kappa shape index (κ2) is 7.28. The van der Waals surface area contributed by atoms with Crippen molar-refractivity contribution in [3.05, 3.63) is 23.4 Å². The molecule has 0 radical (unpaired) electrons. The van der Waals surface area contributed by atoms with Crippen molar-refractivity contribution in [2.45, 2.75) is 58.0 Å². The van der Waals surface area contributed by atoms with Gasteiger partial charge in [-0.3, -0.25) is 4.79 Å². The molecule has 0 bridgehead atoms. The Bertz CT molecular complexity index is 654. The first-order chi connectivity index (χ1) is 12.2. The second-order valence-electron chi connectivity index (χ2n) is 7.63. The molecule has 1 aromatic rings. The van der Waals surface area contributed by atoms with Crippen LogP contribution in [0.25, 0.3) is 0 Å². The molecule has 6 nitrogen and oxygen atoms in total. The van der Waals surface area contributed by atoms with Gasteiger partial charge in [-0.1, -0.05) is 11.6 Å². The third-order valence-electron chi connectivity index (χ3n) is 5.85. The monoisotopic (exact) mass is 345 g/mol. The quantitative estimate of drug-likeness (QED) is 0.785. The van der Waals surface area contributed by atoms with E-state index < -0.39 is 0 Å². The molecule has 0 N–H and O–H groups in total. The largest absolute Gasteiger partial charge is 0.425 e. The average molecular weight is 345 g/mol. The van der Waals surface area contributed by atoms with E-state index in [-0.39, 0.29) is 6.10 Å². The maximum absolute atomic E-state index is 12.6. The fourth-order valence-corrected chi connectivity index (χ4v) is 4.49. The molecule has 3 atom stereocenters. The highest BCUT2D eigenvalue weighted by molar-refractivity contribution is 5.78. The van der Waals surface area contributed by atoms with Gasteiger partial charge in [0.15, 0.2) is 0 Å². The number of carbonyl (C=O) groups excluding carboxylic acids is 1. The summed E-state index contributed by atoms with van der Waals surface area (Å²) in [5.41, 5.74) is 1.34. The van der Waals surface area contributed by atoms with Gasteiger partial charge in [-0.15, -0.1) is 10.2 Å². The lowest BCUT2D eigenvalue weighted by molar-refractivity contribution is -0.132. The molecule has 3 heterocycles. The van der Waals surface area contributed by atoms with Crippen LogP contribution >= 0.6 is 0 Å². The van der Waals surface area contributed by atoms with Crippen LogP contribution in [-0.4, -0.2) is 46.8 Å². The summed E-state index contributed by atoms with van der Waals surface area (Å²) in [4.78, 5) is 14.7. The first kappa shape index (κ1) is 16.8. The summed E-state index contributed by atoms with van der Waals surface area (Å²) < 4.78 is 11.5. The zero-order valence-electron chi connectivity index (χ0n) is 14.9. The second-order valence-corrected chi connectivity index (χ2v) is 7.63. The molecule has 0 spiro atoms. The molecular formula is C19H27N3O3. The molecule has 1 aromatic heterocycles. The lowest BCUT2D eigenvalue weighted by Crippen LogP contribution is -2.44. The number of hydrogen-bond acceptors (Lipinski definition) is 5. The fraction of sp³-hybridized carbons (Fsp3) is 0.737. The molecule has 0 aromatic carbocycles. The van der Waals surface area contributed by atoms with Crippen LogP contribution in [0.15, 0.2) is 16.1 Å². The standard InChI is InChI=1S/C19H27N3O3/c1-13-20-21-18(25-13)10-17-16-7-8-22(11-15(16)12-24-17)19(23)9-14-5-3-2-4-6-14/h5,15-17H,2-4,6-12H2,1H3/t15-,16-,17-/m0/s1. The average Bonchev–Trinajstić information content (AvgIpc) is 3.22. The number of ether oxygens (including phenoxy) is 1. The normalized spacial score (nSPS) is 29.4.